The van der Waals surface area contributed by atoms with Gasteiger partial charge in [-0.3, -0.25) is 14.5 Å². The van der Waals surface area contributed by atoms with E-state index < -0.39 is 17.7 Å². The maximum atomic E-state index is 13.5. The molecule has 1 fully saturated rings. The van der Waals surface area contributed by atoms with E-state index in [4.69, 9.17) is 18.9 Å². The van der Waals surface area contributed by atoms with Crippen LogP contribution in [-0.2, 0) is 9.59 Å². The highest BCUT2D eigenvalue weighted by molar-refractivity contribution is 7.22. The standard InChI is InChI=1S/C29H26N2O7S/c1-5-38-18-9-6-16(7-10-18)26(32)24-25(17-8-13-21(36-3)22(14-17)37-4)31(28(34)27(24)33)29-30-20-12-11-19(35-2)15-23(20)39-29/h6-15,25,32H,5H2,1-4H3/b26-24+/t25-/m0/s1. The fourth-order valence-corrected chi connectivity index (χ4v) is 5.54. The molecule has 10 heteroatoms. The number of thiazole rings is 1. The summed E-state index contributed by atoms with van der Waals surface area (Å²) in [7, 11) is 4.59. The largest absolute Gasteiger partial charge is 0.507 e. The predicted molar refractivity (Wildman–Crippen MR) is 148 cm³/mol. The fraction of sp³-hybridized carbons (Fsp3) is 0.207. The molecule has 1 saturated heterocycles. The van der Waals surface area contributed by atoms with Crippen LogP contribution in [0.3, 0.4) is 0 Å². The van der Waals surface area contributed by atoms with Crippen molar-refractivity contribution in [2.75, 3.05) is 32.8 Å². The van der Waals surface area contributed by atoms with Gasteiger partial charge in [0.2, 0.25) is 0 Å². The van der Waals surface area contributed by atoms with E-state index in [9.17, 15) is 14.7 Å². The molecule has 5 rings (SSSR count). The predicted octanol–water partition coefficient (Wildman–Crippen LogP) is 5.35. The number of carbonyl (C=O) groups excluding carboxylic acids is 2. The van der Waals surface area contributed by atoms with Gasteiger partial charge in [-0.05, 0) is 67.1 Å². The van der Waals surface area contributed by atoms with Crippen LogP contribution in [0.4, 0.5) is 5.13 Å². The molecule has 0 bridgehead atoms. The van der Waals surface area contributed by atoms with Crippen molar-refractivity contribution in [2.24, 2.45) is 0 Å². The van der Waals surface area contributed by atoms with Crippen LogP contribution < -0.4 is 23.8 Å². The van der Waals surface area contributed by atoms with E-state index >= 15 is 0 Å². The number of benzene rings is 3. The summed E-state index contributed by atoms with van der Waals surface area (Å²) in [6.07, 6.45) is 0. The Balaban J connectivity index is 1.70. The number of amides is 1. The van der Waals surface area contributed by atoms with E-state index in [2.05, 4.69) is 4.98 Å². The van der Waals surface area contributed by atoms with E-state index in [1.165, 1.54) is 30.5 Å². The molecule has 1 aromatic heterocycles. The van der Waals surface area contributed by atoms with Crippen molar-refractivity contribution in [3.05, 3.63) is 77.4 Å². The zero-order chi connectivity index (χ0) is 27.7. The van der Waals surface area contributed by atoms with Crippen molar-refractivity contribution >= 4 is 44.1 Å². The highest BCUT2D eigenvalue weighted by atomic mass is 32.1. The number of methoxy groups -OCH3 is 3. The van der Waals surface area contributed by atoms with Gasteiger partial charge in [-0.1, -0.05) is 17.4 Å². The number of ketones is 1. The second-order valence-corrected chi connectivity index (χ2v) is 9.58. The first-order valence-corrected chi connectivity index (χ1v) is 12.9. The van der Waals surface area contributed by atoms with Crippen LogP contribution in [0.1, 0.15) is 24.1 Å². The van der Waals surface area contributed by atoms with Gasteiger partial charge >= 0.3 is 5.91 Å². The van der Waals surface area contributed by atoms with Crippen molar-refractivity contribution in [3.63, 3.8) is 0 Å². The van der Waals surface area contributed by atoms with Crippen LogP contribution in [0, 0.1) is 0 Å². The first kappa shape index (κ1) is 26.1. The molecule has 1 aliphatic rings. The third kappa shape index (κ3) is 4.63. The first-order valence-electron chi connectivity index (χ1n) is 12.1. The first-order chi connectivity index (χ1) is 18.9. The van der Waals surface area contributed by atoms with E-state index in [0.717, 1.165) is 4.70 Å². The summed E-state index contributed by atoms with van der Waals surface area (Å²) in [6, 6.07) is 16.2. The SMILES string of the molecule is CCOc1ccc(/C(O)=C2\C(=O)C(=O)N(c3nc4ccc(OC)cc4s3)[C@H]2c2ccc(OC)c(OC)c2)cc1. The van der Waals surface area contributed by atoms with Crippen LogP contribution in [0.25, 0.3) is 16.0 Å². The average molecular weight is 547 g/mol. The van der Waals surface area contributed by atoms with Gasteiger partial charge in [0.15, 0.2) is 16.6 Å². The van der Waals surface area contributed by atoms with E-state index in [0.29, 0.717) is 51.4 Å². The molecule has 200 valence electrons. The van der Waals surface area contributed by atoms with Crippen LogP contribution in [-0.4, -0.2) is 49.7 Å². The minimum atomic E-state index is -0.973. The summed E-state index contributed by atoms with van der Waals surface area (Å²) in [6.45, 7) is 2.36. The van der Waals surface area contributed by atoms with Crippen molar-refractivity contribution in [1.29, 1.82) is 0 Å². The number of aliphatic hydroxyl groups excluding tert-OH is 1. The molecule has 9 nitrogen and oxygen atoms in total. The molecule has 1 N–H and O–H groups in total. The fourth-order valence-electron chi connectivity index (χ4n) is 4.52. The van der Waals surface area contributed by atoms with Gasteiger partial charge in [0.25, 0.3) is 5.78 Å². The summed E-state index contributed by atoms with van der Waals surface area (Å²) in [5.41, 5.74) is 1.50. The van der Waals surface area contributed by atoms with Gasteiger partial charge in [0.1, 0.15) is 17.3 Å². The highest BCUT2D eigenvalue weighted by Gasteiger charge is 2.48. The number of ether oxygens (including phenoxy) is 4. The Kier molecular flexibility index (Phi) is 7.12. The summed E-state index contributed by atoms with van der Waals surface area (Å²) in [5, 5.41) is 11.7. The monoisotopic (exact) mass is 546 g/mol. The second kappa shape index (κ2) is 10.7. The Morgan fingerprint density at radius 2 is 1.64 bits per heavy atom. The molecule has 39 heavy (non-hydrogen) atoms. The van der Waals surface area contributed by atoms with Crippen LogP contribution >= 0.6 is 11.3 Å². The molecular weight excluding hydrogens is 520 g/mol. The molecule has 2 heterocycles. The molecule has 0 aliphatic carbocycles. The lowest BCUT2D eigenvalue weighted by Gasteiger charge is -2.23. The van der Waals surface area contributed by atoms with Crippen molar-refractivity contribution in [3.8, 4) is 23.0 Å². The van der Waals surface area contributed by atoms with Crippen LogP contribution in [0.15, 0.2) is 66.2 Å². The highest BCUT2D eigenvalue weighted by Crippen LogP contribution is 2.46. The number of nitrogens with zero attached hydrogens (tertiary/aromatic N) is 2. The third-order valence-electron chi connectivity index (χ3n) is 6.40. The summed E-state index contributed by atoms with van der Waals surface area (Å²) in [5.74, 6) is 0.239. The molecular formula is C29H26N2O7S. The Labute approximate surface area is 228 Å². The number of aromatic nitrogens is 1. The molecule has 1 amide bonds. The Morgan fingerprint density at radius 1 is 0.923 bits per heavy atom. The average Bonchev–Trinajstić information content (AvgIpc) is 3.50. The number of anilines is 1. The molecule has 0 spiro atoms. The van der Waals surface area contributed by atoms with Gasteiger partial charge in [-0.15, -0.1) is 0 Å². The second-order valence-electron chi connectivity index (χ2n) is 8.57. The van der Waals surface area contributed by atoms with Gasteiger partial charge in [0, 0.05) is 5.56 Å². The van der Waals surface area contributed by atoms with Crippen molar-refractivity contribution in [1.82, 2.24) is 4.98 Å². The summed E-state index contributed by atoms with van der Waals surface area (Å²) >= 11 is 1.25. The lowest BCUT2D eigenvalue weighted by molar-refractivity contribution is -0.132. The topological polar surface area (TPSA) is 107 Å². The van der Waals surface area contributed by atoms with Crippen LogP contribution in [0.5, 0.6) is 23.0 Å². The molecule has 0 saturated carbocycles. The smallest absolute Gasteiger partial charge is 0.301 e. The normalized spacial score (nSPS) is 16.5. The maximum absolute atomic E-state index is 13.5. The molecule has 3 aromatic carbocycles. The third-order valence-corrected chi connectivity index (χ3v) is 7.41. The van der Waals surface area contributed by atoms with Gasteiger partial charge < -0.3 is 24.1 Å². The minimum absolute atomic E-state index is 0.0618. The molecule has 1 atom stereocenters. The Bertz CT molecular complexity index is 1590. The van der Waals surface area contributed by atoms with E-state index in [-0.39, 0.29) is 11.3 Å². The Morgan fingerprint density at radius 3 is 2.31 bits per heavy atom. The van der Waals surface area contributed by atoms with Gasteiger partial charge in [0.05, 0.1) is 49.8 Å². The number of Topliss-reactive ketones (excluding diaryl/α,β-unsaturated/α-hetero) is 1. The van der Waals surface area contributed by atoms with Crippen LogP contribution in [0.2, 0.25) is 0 Å². The van der Waals surface area contributed by atoms with E-state index in [1.807, 2.05) is 13.0 Å². The van der Waals surface area contributed by atoms with Gasteiger partial charge in [-0.25, -0.2) is 4.98 Å². The molecule has 0 unspecified atom stereocenters. The zero-order valence-corrected chi connectivity index (χ0v) is 22.6. The molecule has 0 radical (unpaired) electrons. The number of carbonyl (C=O) groups is 2. The Hall–Kier alpha value is -4.57. The van der Waals surface area contributed by atoms with Crippen molar-refractivity contribution in [2.45, 2.75) is 13.0 Å². The number of hydrogen-bond acceptors (Lipinski definition) is 9. The molecule has 1 aliphatic heterocycles. The lowest BCUT2D eigenvalue weighted by Crippen LogP contribution is -2.29. The number of hydrogen-bond donors (Lipinski definition) is 1. The lowest BCUT2D eigenvalue weighted by atomic mass is 9.95. The molecule has 4 aromatic rings. The number of fused-ring (bicyclic) bond motifs is 1. The summed E-state index contributed by atoms with van der Waals surface area (Å²) in [4.78, 5) is 33.0. The van der Waals surface area contributed by atoms with E-state index in [1.54, 1.807) is 61.7 Å². The maximum Gasteiger partial charge on any atom is 0.301 e. The van der Waals surface area contributed by atoms with Crippen molar-refractivity contribution < 1.29 is 33.6 Å². The minimum Gasteiger partial charge on any atom is -0.507 e. The number of aliphatic hydroxyl groups is 1. The number of rotatable bonds is 8. The zero-order valence-electron chi connectivity index (χ0n) is 21.8. The summed E-state index contributed by atoms with van der Waals surface area (Å²) < 4.78 is 22.5. The quantitative estimate of drug-likeness (QED) is 0.179. The van der Waals surface area contributed by atoms with Gasteiger partial charge in [-0.2, -0.15) is 0 Å².